The zero-order valence-electron chi connectivity index (χ0n) is 15.7. The van der Waals surface area contributed by atoms with Crippen molar-refractivity contribution in [3.8, 4) is 0 Å². The van der Waals surface area contributed by atoms with Crippen molar-refractivity contribution in [2.45, 2.75) is 65.5 Å². The van der Waals surface area contributed by atoms with E-state index in [0.29, 0.717) is 36.8 Å². The molecule has 0 aromatic heterocycles. The Hall–Kier alpha value is -1.11. The Kier molecular flexibility index (Phi) is 9.98. The number of nitrogens with zero attached hydrogens (tertiary/aromatic N) is 1. The van der Waals surface area contributed by atoms with Crippen molar-refractivity contribution < 1.29 is 14.8 Å². The van der Waals surface area contributed by atoms with E-state index in [0.717, 1.165) is 32.2 Å². The Morgan fingerprint density at radius 2 is 1.96 bits per heavy atom. The molecule has 1 fully saturated rings. The molecule has 0 heterocycles. The quantitative estimate of drug-likeness (QED) is 0.398. The van der Waals surface area contributed by atoms with E-state index in [1.54, 1.807) is 0 Å². The van der Waals surface area contributed by atoms with Gasteiger partial charge in [-0.1, -0.05) is 27.7 Å². The predicted octanol–water partition coefficient (Wildman–Crippen LogP) is 2.22. The van der Waals surface area contributed by atoms with Gasteiger partial charge in [0, 0.05) is 37.3 Å². The van der Waals surface area contributed by atoms with Crippen LogP contribution in [0.4, 0.5) is 0 Å². The molecule has 4 N–H and O–H groups in total. The number of ether oxygens (including phenoxy) is 1. The van der Waals surface area contributed by atoms with Gasteiger partial charge in [-0.15, -0.1) is 0 Å². The molecule has 1 aliphatic carbocycles. The Bertz CT molecular complexity index is 413. The van der Waals surface area contributed by atoms with Gasteiger partial charge in [-0.3, -0.25) is 4.79 Å². The van der Waals surface area contributed by atoms with E-state index in [9.17, 15) is 4.79 Å². The topological polar surface area (TPSA) is 91.2 Å². The minimum atomic E-state index is 0.145. The Labute approximate surface area is 146 Å². The van der Waals surface area contributed by atoms with Crippen molar-refractivity contribution in [3.63, 3.8) is 0 Å². The van der Waals surface area contributed by atoms with E-state index in [1.807, 2.05) is 20.0 Å². The molecule has 0 spiro atoms. The summed E-state index contributed by atoms with van der Waals surface area (Å²) in [5.41, 5.74) is 7.91. The van der Waals surface area contributed by atoms with Gasteiger partial charge in [-0.05, 0) is 12.8 Å². The van der Waals surface area contributed by atoms with E-state index in [-0.39, 0.29) is 11.8 Å². The standard InChI is InChI=1S/C18H34N4O2/c1-13(2)18(23)15-5-7-16(8-6-15)21-11-17(22-19)12-24-10-9-20-14(3)4/h11,13-16,19-21H,5-10,12H2,1-4H3/p+1/b17-11-,22-19?. The highest BCUT2D eigenvalue weighted by molar-refractivity contribution is 5.82. The summed E-state index contributed by atoms with van der Waals surface area (Å²) in [6, 6.07) is 0.941. The summed E-state index contributed by atoms with van der Waals surface area (Å²) < 4.78 is 5.54. The van der Waals surface area contributed by atoms with Crippen molar-refractivity contribution in [2.75, 3.05) is 19.8 Å². The number of Topliss-reactive ketones (excluding diaryl/α,β-unsaturated/α-hetero) is 1. The molecule has 0 bridgehead atoms. The number of quaternary nitrogens is 1. The summed E-state index contributed by atoms with van der Waals surface area (Å²) in [6.07, 6.45) is 5.97. The van der Waals surface area contributed by atoms with Crippen LogP contribution in [0.15, 0.2) is 17.0 Å². The maximum atomic E-state index is 12.0. The molecule has 1 saturated carbocycles. The number of rotatable bonds is 11. The summed E-state index contributed by atoms with van der Waals surface area (Å²) in [5, 5.41) is 8.97. The first kappa shape index (κ1) is 20.9. The minimum absolute atomic E-state index is 0.145. The predicted molar refractivity (Wildman–Crippen MR) is 94.7 cm³/mol. The molecule has 6 nitrogen and oxygen atoms in total. The average Bonchev–Trinajstić information content (AvgIpc) is 2.56. The molecule has 24 heavy (non-hydrogen) atoms. The maximum absolute atomic E-state index is 12.0. The van der Waals surface area contributed by atoms with Crippen LogP contribution < -0.4 is 10.6 Å². The number of hydrogen-bond donors (Lipinski definition) is 3. The number of hydrogen-bond acceptors (Lipinski definition) is 5. The summed E-state index contributed by atoms with van der Waals surface area (Å²) in [4.78, 5) is 12.0. The number of nitrogens with two attached hydrogens (primary N) is 1. The normalized spacial score (nSPS) is 22.2. The molecular formula is C18H35N4O2+. The first-order valence-electron chi connectivity index (χ1n) is 9.20. The second-order valence-electron chi connectivity index (χ2n) is 7.29. The van der Waals surface area contributed by atoms with E-state index in [4.69, 9.17) is 10.3 Å². The minimum Gasteiger partial charge on any atom is -0.374 e. The summed E-state index contributed by atoms with van der Waals surface area (Å²) in [7, 11) is 0. The first-order chi connectivity index (χ1) is 11.4. The lowest BCUT2D eigenvalue weighted by atomic mass is 9.80. The van der Waals surface area contributed by atoms with Crippen molar-refractivity contribution in [1.82, 2.24) is 5.32 Å². The van der Waals surface area contributed by atoms with Crippen LogP contribution in [0, 0.1) is 17.4 Å². The highest BCUT2D eigenvalue weighted by Crippen LogP contribution is 2.25. The van der Waals surface area contributed by atoms with Gasteiger partial charge in [0.2, 0.25) is 0 Å². The fourth-order valence-corrected chi connectivity index (χ4v) is 3.03. The fraction of sp³-hybridized carbons (Fsp3) is 0.833. The molecular weight excluding hydrogens is 304 g/mol. The fourth-order valence-electron chi connectivity index (χ4n) is 3.03. The molecule has 0 amide bonds. The van der Waals surface area contributed by atoms with Crippen molar-refractivity contribution in [1.29, 1.82) is 5.53 Å². The molecule has 1 aliphatic rings. The third-order valence-corrected chi connectivity index (χ3v) is 4.50. The molecule has 1 rings (SSSR count). The summed E-state index contributed by atoms with van der Waals surface area (Å²) >= 11 is 0. The third kappa shape index (κ3) is 8.13. The molecule has 0 saturated heterocycles. The maximum Gasteiger partial charge on any atom is 0.141 e. The van der Waals surface area contributed by atoms with Gasteiger partial charge >= 0.3 is 0 Å². The summed E-state index contributed by atoms with van der Waals surface area (Å²) in [6.45, 7) is 9.98. The molecule has 0 aliphatic heterocycles. The SMILES string of the molecule is CC(C)NCCOC/C(=C/[NH2+]C1CCC(C(=O)C(C)C)CC1)N=N. The molecule has 0 atom stereocenters. The van der Waals surface area contributed by atoms with Gasteiger partial charge < -0.3 is 15.4 Å². The number of nitrogens with one attached hydrogen (secondary N) is 2. The zero-order chi connectivity index (χ0) is 17.9. The molecule has 0 unspecified atom stereocenters. The molecule has 0 aromatic rings. The Balaban J connectivity index is 2.26. The van der Waals surface area contributed by atoms with Gasteiger partial charge in [0.1, 0.15) is 17.7 Å². The first-order valence-corrected chi connectivity index (χ1v) is 9.20. The summed E-state index contributed by atoms with van der Waals surface area (Å²) in [5.74, 6) is 0.802. The third-order valence-electron chi connectivity index (χ3n) is 4.50. The van der Waals surface area contributed by atoms with E-state index in [1.165, 1.54) is 0 Å². The molecule has 138 valence electrons. The van der Waals surface area contributed by atoms with Crippen molar-refractivity contribution in [3.05, 3.63) is 11.9 Å². The van der Waals surface area contributed by atoms with Crippen LogP contribution in [-0.2, 0) is 9.53 Å². The second kappa shape index (κ2) is 11.4. The monoisotopic (exact) mass is 339 g/mol. The average molecular weight is 340 g/mol. The van der Waals surface area contributed by atoms with Gasteiger partial charge in [-0.25, -0.2) is 5.53 Å². The number of carbonyl (C=O) groups is 1. The van der Waals surface area contributed by atoms with Crippen LogP contribution in [0.5, 0.6) is 0 Å². The Morgan fingerprint density at radius 1 is 1.29 bits per heavy atom. The molecule has 0 aromatic carbocycles. The van der Waals surface area contributed by atoms with Crippen molar-refractivity contribution >= 4 is 5.78 Å². The Morgan fingerprint density at radius 3 is 2.50 bits per heavy atom. The lowest BCUT2D eigenvalue weighted by Gasteiger charge is -2.26. The van der Waals surface area contributed by atoms with Crippen LogP contribution in [0.3, 0.4) is 0 Å². The zero-order valence-corrected chi connectivity index (χ0v) is 15.7. The highest BCUT2D eigenvalue weighted by Gasteiger charge is 2.28. The van der Waals surface area contributed by atoms with Crippen LogP contribution in [-0.4, -0.2) is 37.6 Å². The lowest BCUT2D eigenvalue weighted by Crippen LogP contribution is -2.85. The second-order valence-corrected chi connectivity index (χ2v) is 7.29. The van der Waals surface area contributed by atoms with Gasteiger partial charge in [0.15, 0.2) is 0 Å². The molecule has 0 radical (unpaired) electrons. The number of ketones is 1. The van der Waals surface area contributed by atoms with E-state index >= 15 is 0 Å². The van der Waals surface area contributed by atoms with Crippen LogP contribution >= 0.6 is 0 Å². The van der Waals surface area contributed by atoms with Crippen LogP contribution in [0.1, 0.15) is 53.4 Å². The smallest absolute Gasteiger partial charge is 0.141 e. The van der Waals surface area contributed by atoms with Gasteiger partial charge in [0.05, 0.1) is 19.3 Å². The largest absolute Gasteiger partial charge is 0.374 e. The lowest BCUT2D eigenvalue weighted by molar-refractivity contribution is -0.630. The van der Waals surface area contributed by atoms with Crippen molar-refractivity contribution in [2.24, 2.45) is 17.0 Å². The van der Waals surface area contributed by atoms with Gasteiger partial charge in [0.25, 0.3) is 0 Å². The number of carbonyl (C=O) groups excluding carboxylic acids is 1. The van der Waals surface area contributed by atoms with Crippen LogP contribution in [0.2, 0.25) is 0 Å². The van der Waals surface area contributed by atoms with Gasteiger partial charge in [-0.2, -0.15) is 5.11 Å². The van der Waals surface area contributed by atoms with Crippen LogP contribution in [0.25, 0.3) is 0 Å². The van der Waals surface area contributed by atoms with E-state index in [2.05, 4.69) is 29.6 Å². The van der Waals surface area contributed by atoms with E-state index < -0.39 is 0 Å². The molecule has 6 heteroatoms. The highest BCUT2D eigenvalue weighted by atomic mass is 16.5.